The molecule has 2 aromatic carbocycles. The Morgan fingerprint density at radius 2 is 1.83 bits per heavy atom. The van der Waals surface area contributed by atoms with Gasteiger partial charge in [0, 0.05) is 18.7 Å². The molecule has 1 aliphatic heterocycles. The first-order valence-electron chi connectivity index (χ1n) is 9.49. The molecule has 0 bridgehead atoms. The molecule has 4 rings (SSSR count). The van der Waals surface area contributed by atoms with Crippen LogP contribution >= 0.6 is 11.8 Å². The summed E-state index contributed by atoms with van der Waals surface area (Å²) in [4.78, 5) is 38.8. The van der Waals surface area contributed by atoms with Gasteiger partial charge in [-0.05, 0) is 30.5 Å². The van der Waals surface area contributed by atoms with Crippen molar-refractivity contribution < 1.29 is 9.59 Å². The maximum absolute atomic E-state index is 12.7. The molecule has 2 heterocycles. The topological polar surface area (TPSA) is 85.2 Å². The lowest BCUT2D eigenvalue weighted by Crippen LogP contribution is -2.40. The number of thioether (sulfide) groups is 1. The van der Waals surface area contributed by atoms with Gasteiger partial charge in [-0.15, -0.1) is 5.10 Å². The van der Waals surface area contributed by atoms with Gasteiger partial charge in [0.2, 0.25) is 5.91 Å². The van der Waals surface area contributed by atoms with E-state index < -0.39 is 0 Å². The molecule has 0 unspecified atom stereocenters. The highest BCUT2D eigenvalue weighted by Gasteiger charge is 2.36. The monoisotopic (exact) mass is 408 g/mol. The van der Waals surface area contributed by atoms with E-state index in [1.54, 1.807) is 24.3 Å². The Kier molecular flexibility index (Phi) is 5.71. The Bertz CT molecular complexity index is 1100. The number of aromatic nitrogens is 3. The van der Waals surface area contributed by atoms with Gasteiger partial charge in [0.05, 0.1) is 11.4 Å². The third kappa shape index (κ3) is 4.22. The van der Waals surface area contributed by atoms with E-state index in [4.69, 9.17) is 0 Å². The fraction of sp³-hybridized carbons (Fsp3) is 0.286. The molecule has 148 valence electrons. The minimum atomic E-state index is -0.224. The largest absolute Gasteiger partial charge is 0.288 e. The molecule has 2 amide bonds. The van der Waals surface area contributed by atoms with Crippen LogP contribution in [0.2, 0.25) is 0 Å². The summed E-state index contributed by atoms with van der Waals surface area (Å²) in [7, 11) is 0. The second-order valence-electron chi connectivity index (χ2n) is 6.92. The molecule has 1 fully saturated rings. The van der Waals surface area contributed by atoms with E-state index in [-0.39, 0.29) is 35.7 Å². The summed E-state index contributed by atoms with van der Waals surface area (Å²) in [6, 6.07) is 16.7. The van der Waals surface area contributed by atoms with Crippen LogP contribution in [0.4, 0.5) is 4.79 Å². The molecule has 7 nitrogen and oxygen atoms in total. The van der Waals surface area contributed by atoms with Gasteiger partial charge >= 0.3 is 0 Å². The second-order valence-corrected chi connectivity index (χ2v) is 7.89. The lowest BCUT2D eigenvalue weighted by molar-refractivity contribution is -0.129. The van der Waals surface area contributed by atoms with E-state index in [0.717, 1.165) is 5.56 Å². The summed E-state index contributed by atoms with van der Waals surface area (Å²) in [5, 5.41) is 8.30. The first-order chi connectivity index (χ1) is 14.1. The number of imide groups is 1. The van der Waals surface area contributed by atoms with Crippen LogP contribution in [0, 0.1) is 0 Å². The van der Waals surface area contributed by atoms with E-state index in [9.17, 15) is 14.4 Å². The van der Waals surface area contributed by atoms with Crippen LogP contribution in [0.1, 0.15) is 18.4 Å². The number of hydrogen-bond acceptors (Lipinski definition) is 6. The fourth-order valence-electron chi connectivity index (χ4n) is 3.47. The summed E-state index contributed by atoms with van der Waals surface area (Å²) in [5.74, 6) is 0.400. The predicted molar refractivity (Wildman–Crippen MR) is 112 cm³/mol. The van der Waals surface area contributed by atoms with Crippen LogP contribution in [-0.2, 0) is 17.8 Å². The Labute approximate surface area is 171 Å². The number of aryl methyl sites for hydroxylation is 1. The van der Waals surface area contributed by atoms with Gasteiger partial charge in [0.25, 0.3) is 10.8 Å². The number of fused-ring (bicyclic) bond motifs is 1. The molecule has 0 N–H and O–H groups in total. The van der Waals surface area contributed by atoms with Crippen LogP contribution in [0.25, 0.3) is 10.9 Å². The highest BCUT2D eigenvalue weighted by atomic mass is 32.2. The molecule has 0 aliphatic carbocycles. The van der Waals surface area contributed by atoms with Crippen molar-refractivity contribution in [3.05, 3.63) is 70.5 Å². The van der Waals surface area contributed by atoms with Crippen molar-refractivity contribution in [2.24, 2.45) is 0 Å². The summed E-state index contributed by atoms with van der Waals surface area (Å²) < 4.78 is 1.28. The van der Waals surface area contributed by atoms with Crippen LogP contribution in [0.3, 0.4) is 0 Å². The van der Waals surface area contributed by atoms with Gasteiger partial charge in [0.1, 0.15) is 5.52 Å². The average Bonchev–Trinajstić information content (AvgIpc) is 3.10. The van der Waals surface area contributed by atoms with Gasteiger partial charge in [-0.1, -0.05) is 59.4 Å². The van der Waals surface area contributed by atoms with Crippen molar-refractivity contribution in [3.8, 4) is 0 Å². The van der Waals surface area contributed by atoms with Gasteiger partial charge in [-0.2, -0.15) is 0 Å². The number of hydrogen-bond donors (Lipinski definition) is 0. The number of carbonyl (C=O) groups excluding carboxylic acids is 2. The van der Waals surface area contributed by atoms with E-state index in [0.29, 0.717) is 29.5 Å². The van der Waals surface area contributed by atoms with Crippen molar-refractivity contribution in [2.45, 2.75) is 31.8 Å². The molecule has 8 heteroatoms. The highest BCUT2D eigenvalue weighted by molar-refractivity contribution is 8.14. The van der Waals surface area contributed by atoms with Crippen molar-refractivity contribution in [3.63, 3.8) is 0 Å². The van der Waals surface area contributed by atoms with Crippen molar-refractivity contribution >= 4 is 33.8 Å². The third-order valence-corrected chi connectivity index (χ3v) is 5.93. The summed E-state index contributed by atoms with van der Waals surface area (Å²) in [6.07, 6.45) is 1.25. The lowest BCUT2D eigenvalue weighted by atomic mass is 10.1. The summed E-state index contributed by atoms with van der Waals surface area (Å²) in [5.41, 5.74) is 1.43. The Hall–Kier alpha value is -3.00. The minimum absolute atomic E-state index is 0.134. The molecule has 0 saturated carbocycles. The molecular formula is C21H20N4O3S. The molecule has 3 aromatic rings. The second kappa shape index (κ2) is 8.57. The number of benzene rings is 2. The van der Waals surface area contributed by atoms with E-state index in [1.807, 2.05) is 30.3 Å². The first kappa shape index (κ1) is 19.3. The number of amides is 2. The SMILES string of the molecule is O=C(CCCn1nnc2ccccc2c1=O)N1C(=O)SC[C@@H]1Cc1ccccc1. The van der Waals surface area contributed by atoms with Gasteiger partial charge in [-0.3, -0.25) is 19.3 Å². The van der Waals surface area contributed by atoms with Gasteiger partial charge in [-0.25, -0.2) is 4.68 Å². The fourth-order valence-corrected chi connectivity index (χ4v) is 4.46. The molecule has 1 saturated heterocycles. The van der Waals surface area contributed by atoms with Crippen LogP contribution < -0.4 is 5.56 Å². The zero-order valence-electron chi connectivity index (χ0n) is 15.7. The van der Waals surface area contributed by atoms with E-state index >= 15 is 0 Å². The lowest BCUT2D eigenvalue weighted by Gasteiger charge is -2.22. The van der Waals surface area contributed by atoms with Crippen LogP contribution in [-0.4, -0.2) is 42.8 Å². The highest BCUT2D eigenvalue weighted by Crippen LogP contribution is 2.27. The van der Waals surface area contributed by atoms with Crippen molar-refractivity contribution in [1.29, 1.82) is 0 Å². The molecule has 0 radical (unpaired) electrons. The number of carbonyl (C=O) groups is 2. The first-order valence-corrected chi connectivity index (χ1v) is 10.5. The minimum Gasteiger partial charge on any atom is -0.274 e. The number of rotatable bonds is 6. The Balaban J connectivity index is 1.39. The molecule has 0 spiro atoms. The zero-order chi connectivity index (χ0) is 20.2. The smallest absolute Gasteiger partial charge is 0.274 e. The zero-order valence-corrected chi connectivity index (χ0v) is 16.5. The van der Waals surface area contributed by atoms with E-state index in [1.165, 1.54) is 21.3 Å². The Morgan fingerprint density at radius 1 is 1.07 bits per heavy atom. The molecule has 1 aromatic heterocycles. The maximum atomic E-state index is 12.7. The predicted octanol–water partition coefficient (Wildman–Crippen LogP) is 2.88. The average molecular weight is 408 g/mol. The van der Waals surface area contributed by atoms with Crippen LogP contribution in [0.5, 0.6) is 0 Å². The van der Waals surface area contributed by atoms with Crippen molar-refractivity contribution in [1.82, 2.24) is 19.9 Å². The molecule has 29 heavy (non-hydrogen) atoms. The third-order valence-electron chi connectivity index (χ3n) is 4.93. The van der Waals surface area contributed by atoms with Gasteiger partial charge in [0.15, 0.2) is 0 Å². The van der Waals surface area contributed by atoms with Crippen molar-refractivity contribution in [2.75, 3.05) is 5.75 Å². The van der Waals surface area contributed by atoms with Gasteiger partial charge < -0.3 is 0 Å². The summed E-state index contributed by atoms with van der Waals surface area (Å²) in [6.45, 7) is 0.279. The standard InChI is InChI=1S/C21H20N4O3S/c26-19(25-16(14-29-21(25)28)13-15-7-2-1-3-8-15)11-6-12-24-20(27)17-9-4-5-10-18(17)22-23-24/h1-5,7-10,16H,6,11-14H2/t16-/m0/s1. The summed E-state index contributed by atoms with van der Waals surface area (Å²) >= 11 is 1.18. The van der Waals surface area contributed by atoms with Crippen LogP contribution in [0.15, 0.2) is 59.4 Å². The quantitative estimate of drug-likeness (QED) is 0.624. The molecule has 1 aliphatic rings. The molecular weight excluding hydrogens is 388 g/mol. The molecule has 1 atom stereocenters. The maximum Gasteiger partial charge on any atom is 0.288 e. The number of nitrogens with zero attached hydrogens (tertiary/aromatic N) is 4. The normalized spacial score (nSPS) is 16.5. The van der Waals surface area contributed by atoms with E-state index in [2.05, 4.69) is 10.3 Å². The Morgan fingerprint density at radius 3 is 2.66 bits per heavy atom.